The van der Waals surface area contributed by atoms with E-state index in [2.05, 4.69) is 41.5 Å². The summed E-state index contributed by atoms with van der Waals surface area (Å²) in [6, 6.07) is 17.5. The van der Waals surface area contributed by atoms with Gasteiger partial charge in [-0.2, -0.15) is 0 Å². The molecule has 0 radical (unpaired) electrons. The number of carbonyl (C=O) groups is 1. The first-order chi connectivity index (χ1) is 14.5. The molecule has 2 heterocycles. The van der Waals surface area contributed by atoms with E-state index in [1.54, 1.807) is 18.3 Å². The summed E-state index contributed by atoms with van der Waals surface area (Å²) in [7, 11) is 1.97. The Kier molecular flexibility index (Phi) is 5.34. The Bertz CT molecular complexity index is 1200. The van der Waals surface area contributed by atoms with Gasteiger partial charge in [0.05, 0.1) is 23.1 Å². The monoisotopic (exact) mass is 401 g/mol. The van der Waals surface area contributed by atoms with E-state index < -0.39 is 5.91 Å². The molecule has 0 aliphatic rings. The van der Waals surface area contributed by atoms with Gasteiger partial charge in [0.25, 0.3) is 0 Å². The molecule has 7 heteroatoms. The highest BCUT2D eigenvalue weighted by molar-refractivity contribution is 5.81. The van der Waals surface area contributed by atoms with Crippen molar-refractivity contribution in [2.45, 2.75) is 19.8 Å². The minimum absolute atomic E-state index is 0.0741. The molecule has 0 saturated carbocycles. The summed E-state index contributed by atoms with van der Waals surface area (Å²) in [6.45, 7) is 2.14. The Balaban J connectivity index is 1.56. The van der Waals surface area contributed by atoms with Crippen LogP contribution in [0.4, 0.5) is 11.6 Å². The van der Waals surface area contributed by atoms with Gasteiger partial charge in [-0.05, 0) is 42.3 Å². The number of hydrogen-bond acceptors (Lipinski definition) is 5. The summed E-state index contributed by atoms with van der Waals surface area (Å²) in [4.78, 5) is 19.9. The first kappa shape index (κ1) is 19.4. The van der Waals surface area contributed by atoms with Crippen LogP contribution in [-0.4, -0.2) is 20.4 Å². The van der Waals surface area contributed by atoms with E-state index >= 15 is 0 Å². The number of nitrogens with one attached hydrogen (secondary N) is 1. The van der Waals surface area contributed by atoms with Crippen molar-refractivity contribution in [2.24, 2.45) is 12.8 Å². The first-order valence-corrected chi connectivity index (χ1v) is 9.75. The second-order valence-electron chi connectivity index (χ2n) is 7.05. The molecular formula is C23H23N5O2. The van der Waals surface area contributed by atoms with Crippen molar-refractivity contribution in [1.82, 2.24) is 14.5 Å². The predicted molar refractivity (Wildman–Crippen MR) is 117 cm³/mol. The Morgan fingerprint density at radius 1 is 1.10 bits per heavy atom. The van der Waals surface area contributed by atoms with Crippen LogP contribution in [-0.2, 0) is 24.7 Å². The van der Waals surface area contributed by atoms with Crippen molar-refractivity contribution in [3.05, 3.63) is 72.1 Å². The van der Waals surface area contributed by atoms with Gasteiger partial charge in [-0.25, -0.2) is 4.98 Å². The van der Waals surface area contributed by atoms with Crippen LogP contribution in [0, 0.1) is 0 Å². The van der Waals surface area contributed by atoms with Gasteiger partial charge >= 0.3 is 0 Å². The Labute approximate surface area is 174 Å². The molecule has 0 aliphatic heterocycles. The second-order valence-corrected chi connectivity index (χ2v) is 7.05. The van der Waals surface area contributed by atoms with Crippen LogP contribution in [0.15, 0.2) is 60.8 Å². The maximum atomic E-state index is 11.1. The zero-order valence-electron chi connectivity index (χ0n) is 16.9. The topological polar surface area (TPSA) is 95.1 Å². The number of fused-ring (bicyclic) bond motifs is 1. The number of nitrogens with two attached hydrogens (primary N) is 1. The summed E-state index contributed by atoms with van der Waals surface area (Å²) in [5.41, 5.74) is 9.89. The van der Waals surface area contributed by atoms with E-state index in [1.807, 2.05) is 29.8 Å². The summed E-state index contributed by atoms with van der Waals surface area (Å²) in [5.74, 6) is 1.56. The number of primary amides is 1. The van der Waals surface area contributed by atoms with Gasteiger partial charge in [0.2, 0.25) is 11.9 Å². The molecule has 0 fully saturated rings. The molecule has 4 rings (SSSR count). The van der Waals surface area contributed by atoms with E-state index in [0.29, 0.717) is 17.2 Å². The van der Waals surface area contributed by atoms with Crippen LogP contribution in [0.3, 0.4) is 0 Å². The molecule has 30 heavy (non-hydrogen) atoms. The average molecular weight is 401 g/mol. The van der Waals surface area contributed by atoms with Crippen LogP contribution >= 0.6 is 0 Å². The summed E-state index contributed by atoms with van der Waals surface area (Å²) < 4.78 is 7.94. The van der Waals surface area contributed by atoms with Crippen molar-refractivity contribution in [3.63, 3.8) is 0 Å². The summed E-state index contributed by atoms with van der Waals surface area (Å²) in [5, 5.41) is 3.37. The number of amides is 1. The van der Waals surface area contributed by atoms with Crippen LogP contribution in [0.2, 0.25) is 0 Å². The lowest BCUT2D eigenvalue weighted by atomic mass is 10.1. The summed E-state index contributed by atoms with van der Waals surface area (Å²) >= 11 is 0. The molecule has 1 amide bonds. The fourth-order valence-corrected chi connectivity index (χ4v) is 3.24. The number of pyridine rings is 1. The first-order valence-electron chi connectivity index (χ1n) is 9.75. The smallest absolute Gasteiger partial charge is 0.223 e. The molecule has 0 bridgehead atoms. The minimum Gasteiger partial charge on any atom is -0.457 e. The SMILES string of the molecule is CCc1ccc(Nc2nc3cc(Oc4ccnc(CC(N)=O)c4)ccc3n2C)cc1. The maximum Gasteiger partial charge on any atom is 0.223 e. The van der Waals surface area contributed by atoms with Gasteiger partial charge in [0, 0.05) is 31.1 Å². The highest BCUT2D eigenvalue weighted by Crippen LogP contribution is 2.28. The van der Waals surface area contributed by atoms with Crippen molar-refractivity contribution in [3.8, 4) is 11.5 Å². The largest absolute Gasteiger partial charge is 0.457 e. The van der Waals surface area contributed by atoms with E-state index in [0.717, 1.165) is 29.1 Å². The Morgan fingerprint density at radius 2 is 1.87 bits per heavy atom. The lowest BCUT2D eigenvalue weighted by Crippen LogP contribution is -2.14. The molecule has 0 spiro atoms. The molecule has 2 aromatic heterocycles. The average Bonchev–Trinajstić information content (AvgIpc) is 3.03. The van der Waals surface area contributed by atoms with Crippen molar-refractivity contribution < 1.29 is 9.53 Å². The highest BCUT2D eigenvalue weighted by Gasteiger charge is 2.10. The number of imidazole rings is 1. The van der Waals surface area contributed by atoms with E-state index in [9.17, 15) is 4.79 Å². The number of anilines is 2. The predicted octanol–water partition coefficient (Wildman–Crippen LogP) is 4.09. The molecule has 2 aromatic carbocycles. The minimum atomic E-state index is -0.432. The lowest BCUT2D eigenvalue weighted by molar-refractivity contribution is -0.117. The van der Waals surface area contributed by atoms with Gasteiger partial charge in [-0.1, -0.05) is 19.1 Å². The van der Waals surface area contributed by atoms with Crippen LogP contribution in [0.25, 0.3) is 11.0 Å². The summed E-state index contributed by atoms with van der Waals surface area (Å²) in [6.07, 6.45) is 2.68. The maximum absolute atomic E-state index is 11.1. The van der Waals surface area contributed by atoms with Gasteiger partial charge in [0.15, 0.2) is 0 Å². The molecule has 4 aromatic rings. The van der Waals surface area contributed by atoms with Crippen LogP contribution in [0.5, 0.6) is 11.5 Å². The Morgan fingerprint density at radius 3 is 2.60 bits per heavy atom. The van der Waals surface area contributed by atoms with Gasteiger partial charge < -0.3 is 20.4 Å². The van der Waals surface area contributed by atoms with Gasteiger partial charge in [-0.3, -0.25) is 9.78 Å². The molecule has 3 N–H and O–H groups in total. The molecule has 0 saturated heterocycles. The molecule has 7 nitrogen and oxygen atoms in total. The number of aryl methyl sites for hydroxylation is 2. The standard InChI is InChI=1S/C23H23N5O2/c1-3-15-4-6-16(7-5-15)26-23-27-20-14-18(8-9-21(20)28(23)2)30-19-10-11-25-17(12-19)13-22(24)29/h4-12,14H,3,13H2,1-2H3,(H2,24,29)(H,26,27). The molecule has 152 valence electrons. The van der Waals surface area contributed by atoms with Crippen molar-refractivity contribution >= 4 is 28.6 Å². The Hall–Kier alpha value is -3.87. The van der Waals surface area contributed by atoms with E-state index in [-0.39, 0.29) is 6.42 Å². The molecule has 0 aliphatic carbocycles. The van der Waals surface area contributed by atoms with E-state index in [4.69, 9.17) is 15.5 Å². The normalized spacial score (nSPS) is 10.9. The number of carbonyl (C=O) groups excluding carboxylic acids is 1. The quantitative estimate of drug-likeness (QED) is 0.486. The lowest BCUT2D eigenvalue weighted by Gasteiger charge is -2.07. The third kappa shape index (κ3) is 4.25. The zero-order chi connectivity index (χ0) is 21.1. The highest BCUT2D eigenvalue weighted by atomic mass is 16.5. The number of nitrogens with zero attached hydrogens (tertiary/aromatic N) is 3. The fraction of sp³-hybridized carbons (Fsp3) is 0.174. The molecule has 0 unspecified atom stereocenters. The molecular weight excluding hydrogens is 378 g/mol. The number of rotatable bonds is 7. The number of benzene rings is 2. The van der Waals surface area contributed by atoms with Crippen LogP contribution in [0.1, 0.15) is 18.2 Å². The number of aromatic nitrogens is 3. The van der Waals surface area contributed by atoms with Crippen molar-refractivity contribution in [1.29, 1.82) is 0 Å². The zero-order valence-corrected chi connectivity index (χ0v) is 16.9. The second kappa shape index (κ2) is 8.24. The van der Waals surface area contributed by atoms with E-state index in [1.165, 1.54) is 5.56 Å². The van der Waals surface area contributed by atoms with Gasteiger partial charge in [0.1, 0.15) is 11.5 Å². The number of ether oxygens (including phenoxy) is 1. The fourth-order valence-electron chi connectivity index (χ4n) is 3.24. The van der Waals surface area contributed by atoms with Crippen molar-refractivity contribution in [2.75, 3.05) is 5.32 Å². The van der Waals surface area contributed by atoms with Gasteiger partial charge in [-0.15, -0.1) is 0 Å². The molecule has 0 atom stereocenters. The number of hydrogen-bond donors (Lipinski definition) is 2. The third-order valence-corrected chi connectivity index (χ3v) is 4.85. The third-order valence-electron chi connectivity index (χ3n) is 4.85. The van der Waals surface area contributed by atoms with Crippen LogP contribution < -0.4 is 15.8 Å².